The first-order chi connectivity index (χ1) is 13.8. The van der Waals surface area contributed by atoms with Gasteiger partial charge in [0.1, 0.15) is 5.51 Å². The summed E-state index contributed by atoms with van der Waals surface area (Å²) in [5.41, 5.74) is 5.88. The predicted molar refractivity (Wildman–Crippen MR) is 121 cm³/mol. The molecular weight excluding hydrogens is 378 g/mol. The fourth-order valence-electron chi connectivity index (χ4n) is 3.62. The molecule has 152 valence electrons. The molecule has 1 heterocycles. The van der Waals surface area contributed by atoms with Crippen molar-refractivity contribution in [2.45, 2.75) is 47.0 Å². The number of carbonyl (C=O) groups excluding carboxylic acids is 1. The highest BCUT2D eigenvalue weighted by Crippen LogP contribution is 2.41. The monoisotopic (exact) mass is 407 g/mol. The molecule has 1 unspecified atom stereocenters. The molecule has 1 N–H and O–H groups in total. The molecule has 2 aromatic carbocycles. The van der Waals surface area contributed by atoms with Crippen LogP contribution < -0.4 is 5.32 Å². The Labute approximate surface area is 177 Å². The van der Waals surface area contributed by atoms with Crippen LogP contribution in [0.3, 0.4) is 0 Å². The molecule has 0 spiro atoms. The fourth-order valence-corrected chi connectivity index (χ4v) is 4.06. The van der Waals surface area contributed by atoms with E-state index in [2.05, 4.69) is 84.8 Å². The molecule has 0 bridgehead atoms. The lowest BCUT2D eigenvalue weighted by atomic mass is 9.70. The summed E-state index contributed by atoms with van der Waals surface area (Å²) in [5, 5.41) is 11.2. The molecule has 0 aliphatic rings. The number of carbonyl (C=O) groups is 1. The lowest BCUT2D eigenvalue weighted by molar-refractivity contribution is -0.125. The minimum atomic E-state index is -0.582. The van der Waals surface area contributed by atoms with Crippen molar-refractivity contribution in [3.8, 4) is 11.1 Å². The molecule has 3 aromatic rings. The van der Waals surface area contributed by atoms with Crippen molar-refractivity contribution >= 4 is 22.4 Å². The summed E-state index contributed by atoms with van der Waals surface area (Å²) >= 11 is 1.34. The Kier molecular flexibility index (Phi) is 6.48. The van der Waals surface area contributed by atoms with Gasteiger partial charge >= 0.3 is 0 Å². The zero-order valence-corrected chi connectivity index (χ0v) is 18.6. The molecule has 4 nitrogen and oxygen atoms in total. The summed E-state index contributed by atoms with van der Waals surface area (Å²) in [7, 11) is 0. The minimum Gasteiger partial charge on any atom is -0.300 e. The highest BCUT2D eigenvalue weighted by atomic mass is 32.1. The average Bonchev–Trinajstić information content (AvgIpc) is 3.20. The number of amides is 1. The number of rotatable bonds is 7. The van der Waals surface area contributed by atoms with E-state index in [1.807, 2.05) is 13.8 Å². The maximum absolute atomic E-state index is 13.1. The van der Waals surface area contributed by atoms with Crippen molar-refractivity contribution in [1.29, 1.82) is 0 Å². The van der Waals surface area contributed by atoms with Gasteiger partial charge in [-0.05, 0) is 41.9 Å². The SMILES string of the molecule is Cc1ccc(-c2ccc(C(CC(C)C)C(C)(C)C(=O)Nc3nncs3)cc2)cc1. The second-order valence-corrected chi connectivity index (χ2v) is 9.42. The third-order valence-corrected chi connectivity index (χ3v) is 6.05. The van der Waals surface area contributed by atoms with Gasteiger partial charge in [-0.25, -0.2) is 0 Å². The second kappa shape index (κ2) is 8.87. The van der Waals surface area contributed by atoms with Crippen LogP contribution in [0.25, 0.3) is 11.1 Å². The Morgan fingerprint density at radius 2 is 1.62 bits per heavy atom. The molecular formula is C24H29N3OS. The first-order valence-corrected chi connectivity index (χ1v) is 10.9. The molecule has 1 amide bonds. The van der Waals surface area contributed by atoms with Gasteiger partial charge in [0.05, 0.1) is 5.41 Å². The van der Waals surface area contributed by atoms with Crippen molar-refractivity contribution < 1.29 is 4.79 Å². The highest BCUT2D eigenvalue weighted by molar-refractivity contribution is 7.13. The number of nitrogens with one attached hydrogen (secondary N) is 1. The topological polar surface area (TPSA) is 54.9 Å². The van der Waals surface area contributed by atoms with Gasteiger partial charge < -0.3 is 5.32 Å². The van der Waals surface area contributed by atoms with Gasteiger partial charge in [-0.15, -0.1) is 10.2 Å². The van der Waals surface area contributed by atoms with Gasteiger partial charge in [-0.1, -0.05) is 93.1 Å². The van der Waals surface area contributed by atoms with Crippen molar-refractivity contribution in [2.75, 3.05) is 5.32 Å². The summed E-state index contributed by atoms with van der Waals surface area (Å²) in [6.45, 7) is 10.5. The van der Waals surface area contributed by atoms with Crippen molar-refractivity contribution in [2.24, 2.45) is 11.3 Å². The van der Waals surface area contributed by atoms with Crippen molar-refractivity contribution in [1.82, 2.24) is 10.2 Å². The molecule has 0 radical (unpaired) electrons. The van der Waals surface area contributed by atoms with Crippen LogP contribution >= 0.6 is 11.3 Å². The number of hydrogen-bond donors (Lipinski definition) is 1. The van der Waals surface area contributed by atoms with Crippen LogP contribution in [0.4, 0.5) is 5.13 Å². The number of nitrogens with zero attached hydrogens (tertiary/aromatic N) is 2. The zero-order chi connectivity index (χ0) is 21.0. The summed E-state index contributed by atoms with van der Waals surface area (Å²) in [4.78, 5) is 13.1. The molecule has 29 heavy (non-hydrogen) atoms. The number of aryl methyl sites for hydroxylation is 1. The van der Waals surface area contributed by atoms with E-state index >= 15 is 0 Å². The van der Waals surface area contributed by atoms with Crippen LogP contribution in [0.2, 0.25) is 0 Å². The molecule has 0 saturated carbocycles. The zero-order valence-electron chi connectivity index (χ0n) is 17.8. The molecule has 5 heteroatoms. The minimum absolute atomic E-state index is 0.0255. The molecule has 1 atom stereocenters. The van der Waals surface area contributed by atoms with E-state index in [0.29, 0.717) is 11.0 Å². The maximum atomic E-state index is 13.1. The van der Waals surface area contributed by atoms with E-state index in [1.54, 1.807) is 5.51 Å². The number of benzene rings is 2. The van der Waals surface area contributed by atoms with Crippen LogP contribution in [0, 0.1) is 18.3 Å². The van der Waals surface area contributed by atoms with Crippen LogP contribution in [0.1, 0.15) is 51.2 Å². The summed E-state index contributed by atoms with van der Waals surface area (Å²) in [6.07, 6.45) is 0.931. The first-order valence-electron chi connectivity index (χ1n) is 10.0. The Hall–Kier alpha value is -2.53. The van der Waals surface area contributed by atoms with E-state index in [-0.39, 0.29) is 11.8 Å². The van der Waals surface area contributed by atoms with E-state index in [9.17, 15) is 4.79 Å². The van der Waals surface area contributed by atoms with Gasteiger partial charge in [-0.2, -0.15) is 0 Å². The Balaban J connectivity index is 1.87. The van der Waals surface area contributed by atoms with Crippen LogP contribution in [0.5, 0.6) is 0 Å². The standard InChI is InChI=1S/C24H29N3OS/c1-16(2)14-21(24(4,5)22(28)26-23-27-25-15-29-23)20-12-10-19(11-13-20)18-8-6-17(3)7-9-18/h6-13,15-16,21H,14H2,1-5H3,(H,26,27,28). The van der Waals surface area contributed by atoms with E-state index < -0.39 is 5.41 Å². The molecule has 0 aliphatic heterocycles. The Bertz CT molecular complexity index is 929. The highest BCUT2D eigenvalue weighted by Gasteiger charge is 2.38. The molecule has 0 saturated heterocycles. The largest absolute Gasteiger partial charge is 0.300 e. The van der Waals surface area contributed by atoms with Gasteiger partial charge in [0.2, 0.25) is 11.0 Å². The summed E-state index contributed by atoms with van der Waals surface area (Å²) in [6, 6.07) is 17.2. The van der Waals surface area contributed by atoms with E-state index in [4.69, 9.17) is 0 Å². The quantitative estimate of drug-likeness (QED) is 0.499. The molecule has 3 rings (SSSR count). The van der Waals surface area contributed by atoms with Crippen LogP contribution in [-0.4, -0.2) is 16.1 Å². The second-order valence-electron chi connectivity index (χ2n) is 8.59. The molecule has 0 aliphatic carbocycles. The van der Waals surface area contributed by atoms with Crippen molar-refractivity contribution in [3.63, 3.8) is 0 Å². The lowest BCUT2D eigenvalue weighted by Gasteiger charge is -2.34. The Morgan fingerprint density at radius 3 is 2.14 bits per heavy atom. The normalized spacial score (nSPS) is 12.8. The van der Waals surface area contributed by atoms with Gasteiger partial charge in [0.25, 0.3) is 0 Å². The summed E-state index contributed by atoms with van der Waals surface area (Å²) in [5.74, 6) is 0.551. The maximum Gasteiger partial charge on any atom is 0.232 e. The number of aromatic nitrogens is 2. The van der Waals surface area contributed by atoms with Crippen molar-refractivity contribution in [3.05, 3.63) is 65.2 Å². The third kappa shape index (κ3) is 5.10. The first kappa shape index (κ1) is 21.2. The smallest absolute Gasteiger partial charge is 0.232 e. The van der Waals surface area contributed by atoms with Gasteiger partial charge in [0, 0.05) is 0 Å². The predicted octanol–water partition coefficient (Wildman–Crippen LogP) is 6.31. The number of hydrogen-bond acceptors (Lipinski definition) is 4. The van der Waals surface area contributed by atoms with Gasteiger partial charge in [-0.3, -0.25) is 4.79 Å². The van der Waals surface area contributed by atoms with E-state index in [1.165, 1.54) is 33.6 Å². The van der Waals surface area contributed by atoms with Crippen LogP contribution in [-0.2, 0) is 4.79 Å². The van der Waals surface area contributed by atoms with Gasteiger partial charge in [0.15, 0.2) is 0 Å². The Morgan fingerprint density at radius 1 is 1.03 bits per heavy atom. The lowest BCUT2D eigenvalue weighted by Crippen LogP contribution is -2.37. The molecule has 0 fully saturated rings. The van der Waals surface area contributed by atoms with E-state index in [0.717, 1.165) is 6.42 Å². The third-order valence-electron chi connectivity index (χ3n) is 5.44. The fraction of sp³-hybridized carbons (Fsp3) is 0.375. The summed E-state index contributed by atoms with van der Waals surface area (Å²) < 4.78 is 0. The molecule has 1 aromatic heterocycles. The van der Waals surface area contributed by atoms with Crippen LogP contribution in [0.15, 0.2) is 54.0 Å². The number of anilines is 1. The average molecular weight is 408 g/mol.